The summed E-state index contributed by atoms with van der Waals surface area (Å²) in [6, 6.07) is 1.57. The zero-order valence-corrected chi connectivity index (χ0v) is 12.2. The normalized spacial score (nSPS) is 30.4. The predicted molar refractivity (Wildman–Crippen MR) is 74.3 cm³/mol. The van der Waals surface area contributed by atoms with E-state index in [0.717, 1.165) is 12.1 Å². The van der Waals surface area contributed by atoms with Crippen LogP contribution in [-0.4, -0.2) is 49.1 Å². The monoisotopic (exact) mass is 238 g/mol. The first kappa shape index (κ1) is 13.4. The van der Waals surface area contributed by atoms with Crippen molar-refractivity contribution in [2.75, 3.05) is 27.2 Å². The first-order valence-electron chi connectivity index (χ1n) is 7.46. The van der Waals surface area contributed by atoms with Crippen LogP contribution < -0.4 is 0 Å². The fourth-order valence-corrected chi connectivity index (χ4v) is 4.16. The van der Waals surface area contributed by atoms with Gasteiger partial charge in [0.15, 0.2) is 0 Å². The van der Waals surface area contributed by atoms with E-state index in [2.05, 4.69) is 37.7 Å². The molecule has 2 fully saturated rings. The maximum atomic E-state index is 2.66. The van der Waals surface area contributed by atoms with E-state index < -0.39 is 0 Å². The minimum atomic E-state index is 0.646. The van der Waals surface area contributed by atoms with Gasteiger partial charge in [-0.1, -0.05) is 12.8 Å². The lowest BCUT2D eigenvalue weighted by molar-refractivity contribution is -0.0124. The third-order valence-electron chi connectivity index (χ3n) is 5.26. The molecule has 0 aromatic carbocycles. The third-order valence-corrected chi connectivity index (χ3v) is 5.26. The topological polar surface area (TPSA) is 6.48 Å². The maximum absolute atomic E-state index is 2.66. The molecular weight excluding hydrogens is 208 g/mol. The van der Waals surface area contributed by atoms with Gasteiger partial charge in [0.25, 0.3) is 0 Å². The minimum Gasteiger partial charge on any atom is -0.306 e. The molecular formula is C15H30N2. The Labute approximate surface area is 107 Å². The number of likely N-dealkylation sites (tertiary alicyclic amines) is 1. The summed E-state index contributed by atoms with van der Waals surface area (Å²) in [7, 11) is 4.57. The molecule has 0 N–H and O–H groups in total. The van der Waals surface area contributed by atoms with Crippen molar-refractivity contribution in [3.8, 4) is 0 Å². The summed E-state index contributed by atoms with van der Waals surface area (Å²) in [5, 5.41) is 0. The summed E-state index contributed by atoms with van der Waals surface area (Å²) in [6.45, 7) is 7.31. The summed E-state index contributed by atoms with van der Waals surface area (Å²) in [4.78, 5) is 5.16. The Bertz CT molecular complexity index is 239. The van der Waals surface area contributed by atoms with Crippen LogP contribution in [0.4, 0.5) is 0 Å². The van der Waals surface area contributed by atoms with Gasteiger partial charge in [-0.25, -0.2) is 0 Å². The van der Waals surface area contributed by atoms with Crippen molar-refractivity contribution in [3.63, 3.8) is 0 Å². The average molecular weight is 238 g/mol. The summed E-state index contributed by atoms with van der Waals surface area (Å²) < 4.78 is 0. The molecule has 1 saturated heterocycles. The Kier molecular flexibility index (Phi) is 4.14. The Morgan fingerprint density at radius 2 is 1.71 bits per heavy atom. The lowest BCUT2D eigenvalue weighted by Gasteiger charge is -2.52. The quantitative estimate of drug-likeness (QED) is 0.730. The lowest BCUT2D eigenvalue weighted by atomic mass is 9.64. The molecule has 1 heterocycles. The molecule has 1 saturated carbocycles. The van der Waals surface area contributed by atoms with Crippen molar-refractivity contribution < 1.29 is 0 Å². The second-order valence-electron chi connectivity index (χ2n) is 6.72. The Morgan fingerprint density at radius 3 is 2.24 bits per heavy atom. The van der Waals surface area contributed by atoms with Crippen LogP contribution in [0, 0.1) is 5.41 Å². The maximum Gasteiger partial charge on any atom is 0.0147 e. The summed E-state index contributed by atoms with van der Waals surface area (Å²) in [6.07, 6.45) is 8.66. The van der Waals surface area contributed by atoms with Crippen molar-refractivity contribution in [2.24, 2.45) is 5.41 Å². The van der Waals surface area contributed by atoms with Crippen molar-refractivity contribution in [3.05, 3.63) is 0 Å². The number of piperidine rings is 1. The highest BCUT2D eigenvalue weighted by molar-refractivity contribution is 4.97. The predicted octanol–water partition coefficient (Wildman–Crippen LogP) is 2.98. The number of rotatable bonds is 2. The zero-order chi connectivity index (χ0) is 12.5. The van der Waals surface area contributed by atoms with Crippen LogP contribution in [0.5, 0.6) is 0 Å². The minimum absolute atomic E-state index is 0.646. The molecule has 0 amide bonds. The van der Waals surface area contributed by atoms with Crippen molar-refractivity contribution in [1.82, 2.24) is 9.80 Å². The van der Waals surface area contributed by atoms with Crippen LogP contribution in [0.25, 0.3) is 0 Å². The fourth-order valence-electron chi connectivity index (χ4n) is 4.16. The standard InChI is InChI=1S/C15H30N2/c1-13(2)17-11-9-15(10-12-17)8-6-5-7-14(15)16(3)4/h13-14H,5-12H2,1-4H3. The van der Waals surface area contributed by atoms with Gasteiger partial charge in [0.05, 0.1) is 0 Å². The molecule has 0 bridgehead atoms. The van der Waals surface area contributed by atoms with Crippen molar-refractivity contribution in [2.45, 2.75) is 64.5 Å². The van der Waals surface area contributed by atoms with Crippen LogP contribution in [0.3, 0.4) is 0 Å². The van der Waals surface area contributed by atoms with E-state index in [0.29, 0.717) is 5.41 Å². The van der Waals surface area contributed by atoms with Crippen molar-refractivity contribution >= 4 is 0 Å². The molecule has 0 aromatic heterocycles. The number of hydrogen-bond donors (Lipinski definition) is 0. The molecule has 2 nitrogen and oxygen atoms in total. The van der Waals surface area contributed by atoms with E-state index in [1.807, 2.05) is 0 Å². The van der Waals surface area contributed by atoms with Gasteiger partial charge in [0.2, 0.25) is 0 Å². The van der Waals surface area contributed by atoms with Crippen LogP contribution in [0.15, 0.2) is 0 Å². The smallest absolute Gasteiger partial charge is 0.0147 e. The molecule has 0 aromatic rings. The zero-order valence-electron chi connectivity index (χ0n) is 12.2. The van der Waals surface area contributed by atoms with Gasteiger partial charge in [-0.3, -0.25) is 0 Å². The van der Waals surface area contributed by atoms with E-state index >= 15 is 0 Å². The average Bonchev–Trinajstić information content (AvgIpc) is 2.29. The van der Waals surface area contributed by atoms with Gasteiger partial charge in [-0.2, -0.15) is 0 Å². The molecule has 0 radical (unpaired) electrons. The largest absolute Gasteiger partial charge is 0.306 e. The van der Waals surface area contributed by atoms with E-state index in [1.165, 1.54) is 51.6 Å². The van der Waals surface area contributed by atoms with E-state index in [1.54, 1.807) is 0 Å². The highest BCUT2D eigenvalue weighted by Gasteiger charge is 2.43. The van der Waals surface area contributed by atoms with Crippen LogP contribution in [-0.2, 0) is 0 Å². The molecule has 1 aliphatic heterocycles. The molecule has 1 atom stereocenters. The Balaban J connectivity index is 2.03. The van der Waals surface area contributed by atoms with Gasteiger partial charge >= 0.3 is 0 Å². The third kappa shape index (κ3) is 2.68. The SMILES string of the molecule is CC(C)N1CCC2(CCCCC2N(C)C)CC1. The highest BCUT2D eigenvalue weighted by Crippen LogP contribution is 2.46. The molecule has 2 heteroatoms. The first-order chi connectivity index (χ1) is 8.05. The molecule has 1 spiro atoms. The van der Waals surface area contributed by atoms with Crippen molar-refractivity contribution in [1.29, 1.82) is 0 Å². The van der Waals surface area contributed by atoms with Gasteiger partial charge < -0.3 is 9.80 Å². The van der Waals surface area contributed by atoms with Crippen LogP contribution in [0.1, 0.15) is 52.4 Å². The summed E-state index contributed by atoms with van der Waals surface area (Å²) in [5.41, 5.74) is 0.646. The lowest BCUT2D eigenvalue weighted by Crippen LogP contribution is -2.53. The van der Waals surface area contributed by atoms with E-state index in [9.17, 15) is 0 Å². The Hall–Kier alpha value is -0.0800. The van der Waals surface area contributed by atoms with Gasteiger partial charge in [-0.05, 0) is 72.1 Å². The Morgan fingerprint density at radius 1 is 1.06 bits per heavy atom. The molecule has 1 aliphatic carbocycles. The highest BCUT2D eigenvalue weighted by atomic mass is 15.2. The van der Waals surface area contributed by atoms with Gasteiger partial charge in [0, 0.05) is 12.1 Å². The van der Waals surface area contributed by atoms with Crippen LogP contribution >= 0.6 is 0 Å². The van der Waals surface area contributed by atoms with E-state index in [4.69, 9.17) is 0 Å². The summed E-state index contributed by atoms with van der Waals surface area (Å²) >= 11 is 0. The molecule has 2 rings (SSSR count). The van der Waals surface area contributed by atoms with Gasteiger partial charge in [0.1, 0.15) is 0 Å². The molecule has 17 heavy (non-hydrogen) atoms. The second-order valence-corrected chi connectivity index (χ2v) is 6.72. The number of hydrogen-bond acceptors (Lipinski definition) is 2. The van der Waals surface area contributed by atoms with Crippen LogP contribution in [0.2, 0.25) is 0 Å². The first-order valence-corrected chi connectivity index (χ1v) is 7.46. The van der Waals surface area contributed by atoms with E-state index in [-0.39, 0.29) is 0 Å². The molecule has 2 aliphatic rings. The second kappa shape index (κ2) is 5.27. The number of nitrogens with zero attached hydrogens (tertiary/aromatic N) is 2. The van der Waals surface area contributed by atoms with Gasteiger partial charge in [-0.15, -0.1) is 0 Å². The summed E-state index contributed by atoms with van der Waals surface area (Å²) in [5.74, 6) is 0. The molecule has 100 valence electrons. The molecule has 1 unspecified atom stereocenters. The fraction of sp³-hybridized carbons (Fsp3) is 1.00.